The number of rotatable bonds is 5. The lowest BCUT2D eigenvalue weighted by Gasteiger charge is -2.33. The van der Waals surface area contributed by atoms with Gasteiger partial charge in [0.2, 0.25) is 5.91 Å². The monoisotopic (exact) mass is 282 g/mol. The van der Waals surface area contributed by atoms with Gasteiger partial charge in [0, 0.05) is 26.1 Å². The maximum atomic E-state index is 12.6. The van der Waals surface area contributed by atoms with Crippen LogP contribution in [0.3, 0.4) is 0 Å². The summed E-state index contributed by atoms with van der Waals surface area (Å²) in [5.74, 6) is 1.77. The van der Waals surface area contributed by atoms with Gasteiger partial charge in [0.1, 0.15) is 0 Å². The molecule has 3 unspecified atom stereocenters. The minimum atomic E-state index is 0.231. The summed E-state index contributed by atoms with van der Waals surface area (Å²) in [6.45, 7) is 3.31. The molecular weight excluding hydrogens is 252 g/mol. The molecule has 1 heterocycles. The fraction of sp³-hybridized carbons (Fsp3) is 0.938. The summed E-state index contributed by atoms with van der Waals surface area (Å²) in [4.78, 5) is 14.5. The Morgan fingerprint density at radius 1 is 1.25 bits per heavy atom. The molecule has 116 valence electrons. The van der Waals surface area contributed by atoms with Crippen LogP contribution in [0.25, 0.3) is 0 Å². The van der Waals surface area contributed by atoms with E-state index in [1.54, 1.807) is 0 Å². The van der Waals surface area contributed by atoms with Crippen molar-refractivity contribution in [3.05, 3.63) is 0 Å². The third-order valence-electron chi connectivity index (χ3n) is 4.87. The third kappa shape index (κ3) is 4.45. The molecule has 0 aromatic carbocycles. The van der Waals surface area contributed by atoms with E-state index in [0.717, 1.165) is 52.0 Å². The fourth-order valence-corrected chi connectivity index (χ4v) is 3.75. The van der Waals surface area contributed by atoms with E-state index in [0.29, 0.717) is 17.7 Å². The van der Waals surface area contributed by atoms with Gasteiger partial charge in [-0.15, -0.1) is 0 Å². The van der Waals surface area contributed by atoms with E-state index in [-0.39, 0.29) is 5.92 Å². The number of ether oxygens (including phenoxy) is 1. The molecule has 2 fully saturated rings. The van der Waals surface area contributed by atoms with Crippen molar-refractivity contribution >= 4 is 5.91 Å². The van der Waals surface area contributed by atoms with E-state index < -0.39 is 0 Å². The Balaban J connectivity index is 1.79. The minimum absolute atomic E-state index is 0.231. The lowest BCUT2D eigenvalue weighted by atomic mass is 9.79. The third-order valence-corrected chi connectivity index (χ3v) is 4.87. The molecule has 1 amide bonds. The first-order chi connectivity index (χ1) is 9.70. The number of carbonyl (C=O) groups excluding carboxylic acids is 1. The summed E-state index contributed by atoms with van der Waals surface area (Å²) >= 11 is 0. The first-order valence-corrected chi connectivity index (χ1v) is 8.23. The van der Waals surface area contributed by atoms with E-state index in [1.807, 2.05) is 11.9 Å². The van der Waals surface area contributed by atoms with Crippen LogP contribution < -0.4 is 5.73 Å². The Hall–Kier alpha value is -0.610. The van der Waals surface area contributed by atoms with Crippen molar-refractivity contribution in [2.75, 3.05) is 33.4 Å². The highest BCUT2D eigenvalue weighted by Gasteiger charge is 2.29. The highest BCUT2D eigenvalue weighted by molar-refractivity contribution is 5.78. The molecule has 0 radical (unpaired) electrons. The van der Waals surface area contributed by atoms with Crippen LogP contribution in [0.15, 0.2) is 0 Å². The zero-order chi connectivity index (χ0) is 14.4. The average Bonchev–Trinajstić information content (AvgIpc) is 2.48. The van der Waals surface area contributed by atoms with Crippen LogP contribution in [0.1, 0.15) is 44.9 Å². The lowest BCUT2D eigenvalue weighted by Crippen LogP contribution is -2.40. The number of amides is 1. The molecule has 1 aliphatic carbocycles. The van der Waals surface area contributed by atoms with Crippen molar-refractivity contribution in [3.8, 4) is 0 Å². The molecule has 4 nitrogen and oxygen atoms in total. The quantitative estimate of drug-likeness (QED) is 0.839. The van der Waals surface area contributed by atoms with Gasteiger partial charge in [-0.1, -0.05) is 12.8 Å². The topological polar surface area (TPSA) is 55.6 Å². The number of carbonyl (C=O) groups is 1. The molecule has 1 aliphatic heterocycles. The molecule has 0 spiro atoms. The van der Waals surface area contributed by atoms with Gasteiger partial charge >= 0.3 is 0 Å². The minimum Gasteiger partial charge on any atom is -0.381 e. The number of hydrogen-bond donors (Lipinski definition) is 1. The standard InChI is InChI=1S/C16H30N2O2/c1-18(11-14-5-3-9-20-12-14)16(19)15-6-2-4-13(10-15)7-8-17/h13-15H,2-12,17H2,1H3. The van der Waals surface area contributed by atoms with Crippen LogP contribution in [0.4, 0.5) is 0 Å². The van der Waals surface area contributed by atoms with Crippen molar-refractivity contribution in [3.63, 3.8) is 0 Å². The SMILES string of the molecule is CN(CC1CCCOC1)C(=O)C1CCCC(CCN)C1. The first kappa shape index (κ1) is 15.8. The molecule has 1 saturated heterocycles. The maximum Gasteiger partial charge on any atom is 0.225 e. The van der Waals surface area contributed by atoms with Crippen molar-refractivity contribution in [1.29, 1.82) is 0 Å². The highest BCUT2D eigenvalue weighted by Crippen LogP contribution is 2.32. The first-order valence-electron chi connectivity index (χ1n) is 8.23. The van der Waals surface area contributed by atoms with Gasteiger partial charge in [-0.2, -0.15) is 0 Å². The summed E-state index contributed by atoms with van der Waals surface area (Å²) in [6, 6.07) is 0. The van der Waals surface area contributed by atoms with Crippen LogP contribution >= 0.6 is 0 Å². The molecule has 3 atom stereocenters. The molecule has 2 N–H and O–H groups in total. The van der Waals surface area contributed by atoms with E-state index in [9.17, 15) is 4.79 Å². The Kier molecular flexibility index (Phi) is 6.30. The van der Waals surface area contributed by atoms with Crippen molar-refractivity contribution < 1.29 is 9.53 Å². The smallest absolute Gasteiger partial charge is 0.225 e. The van der Waals surface area contributed by atoms with Gasteiger partial charge in [-0.3, -0.25) is 4.79 Å². The average molecular weight is 282 g/mol. The van der Waals surface area contributed by atoms with E-state index in [4.69, 9.17) is 10.5 Å². The number of nitrogens with two attached hydrogens (primary N) is 1. The summed E-state index contributed by atoms with van der Waals surface area (Å²) in [5.41, 5.74) is 5.66. The second-order valence-corrected chi connectivity index (χ2v) is 6.61. The van der Waals surface area contributed by atoms with Crippen LogP contribution in [-0.4, -0.2) is 44.2 Å². The van der Waals surface area contributed by atoms with Crippen molar-refractivity contribution in [1.82, 2.24) is 4.90 Å². The molecule has 20 heavy (non-hydrogen) atoms. The van der Waals surface area contributed by atoms with Crippen LogP contribution in [0.5, 0.6) is 0 Å². The molecule has 2 aliphatic rings. The molecule has 4 heteroatoms. The Bertz CT molecular complexity index is 301. The van der Waals surface area contributed by atoms with Crippen molar-refractivity contribution in [2.24, 2.45) is 23.5 Å². The van der Waals surface area contributed by atoms with Crippen molar-refractivity contribution in [2.45, 2.75) is 44.9 Å². The van der Waals surface area contributed by atoms with Crippen LogP contribution in [0.2, 0.25) is 0 Å². The number of hydrogen-bond acceptors (Lipinski definition) is 3. The summed E-state index contributed by atoms with van der Waals surface area (Å²) < 4.78 is 5.51. The summed E-state index contributed by atoms with van der Waals surface area (Å²) in [7, 11) is 1.96. The Morgan fingerprint density at radius 2 is 2.05 bits per heavy atom. The van der Waals surface area contributed by atoms with E-state index in [1.165, 1.54) is 19.3 Å². The van der Waals surface area contributed by atoms with Crippen LogP contribution in [-0.2, 0) is 9.53 Å². The largest absolute Gasteiger partial charge is 0.381 e. The van der Waals surface area contributed by atoms with Gasteiger partial charge in [-0.05, 0) is 50.5 Å². The lowest BCUT2D eigenvalue weighted by molar-refractivity contribution is -0.137. The molecule has 0 bridgehead atoms. The fourth-order valence-electron chi connectivity index (χ4n) is 3.75. The molecule has 1 saturated carbocycles. The predicted molar refractivity (Wildman–Crippen MR) is 80.3 cm³/mol. The Labute approximate surface area is 123 Å². The normalized spacial score (nSPS) is 31.0. The van der Waals surface area contributed by atoms with Gasteiger partial charge in [0.15, 0.2) is 0 Å². The maximum absolute atomic E-state index is 12.6. The molecular formula is C16H30N2O2. The van der Waals surface area contributed by atoms with Gasteiger partial charge in [-0.25, -0.2) is 0 Å². The van der Waals surface area contributed by atoms with Crippen LogP contribution in [0, 0.1) is 17.8 Å². The number of nitrogens with zero attached hydrogens (tertiary/aromatic N) is 1. The van der Waals surface area contributed by atoms with E-state index in [2.05, 4.69) is 0 Å². The Morgan fingerprint density at radius 3 is 2.75 bits per heavy atom. The molecule has 2 rings (SSSR count). The molecule has 0 aromatic heterocycles. The summed E-state index contributed by atoms with van der Waals surface area (Å²) in [6.07, 6.45) is 7.94. The second kappa shape index (κ2) is 7.99. The molecule has 0 aromatic rings. The predicted octanol–water partition coefficient (Wildman–Crippen LogP) is 2.03. The zero-order valence-corrected chi connectivity index (χ0v) is 12.9. The van der Waals surface area contributed by atoms with Gasteiger partial charge in [0.25, 0.3) is 0 Å². The highest BCUT2D eigenvalue weighted by atomic mass is 16.5. The summed E-state index contributed by atoms with van der Waals surface area (Å²) in [5, 5.41) is 0. The second-order valence-electron chi connectivity index (χ2n) is 6.61. The van der Waals surface area contributed by atoms with Gasteiger partial charge < -0.3 is 15.4 Å². The van der Waals surface area contributed by atoms with E-state index >= 15 is 0 Å². The zero-order valence-electron chi connectivity index (χ0n) is 12.9. The van der Waals surface area contributed by atoms with Gasteiger partial charge in [0.05, 0.1) is 6.61 Å².